The molecule has 0 saturated carbocycles. The SMILES string of the molecule is O=C(COC(=O)[C@@H]1CCCO1)Nc1cccc2ccccc12. The van der Waals surface area contributed by atoms with Crippen LogP contribution in [0.15, 0.2) is 42.5 Å². The number of carbonyl (C=O) groups is 2. The van der Waals surface area contributed by atoms with Crippen LogP contribution in [-0.4, -0.2) is 31.2 Å². The maximum atomic E-state index is 11.9. The van der Waals surface area contributed by atoms with E-state index in [1.807, 2.05) is 42.5 Å². The lowest BCUT2D eigenvalue weighted by Gasteiger charge is -2.11. The van der Waals surface area contributed by atoms with E-state index in [4.69, 9.17) is 9.47 Å². The molecule has 5 nitrogen and oxygen atoms in total. The Morgan fingerprint density at radius 1 is 1.18 bits per heavy atom. The van der Waals surface area contributed by atoms with E-state index in [1.54, 1.807) is 0 Å². The zero-order valence-electron chi connectivity index (χ0n) is 12.1. The third kappa shape index (κ3) is 3.26. The Morgan fingerprint density at radius 3 is 2.82 bits per heavy atom. The van der Waals surface area contributed by atoms with E-state index in [0.29, 0.717) is 18.7 Å². The molecule has 5 heteroatoms. The molecule has 3 rings (SSSR count). The lowest BCUT2D eigenvalue weighted by Crippen LogP contribution is -2.27. The number of hydrogen-bond donors (Lipinski definition) is 1. The van der Waals surface area contributed by atoms with Crippen molar-refractivity contribution in [1.82, 2.24) is 0 Å². The van der Waals surface area contributed by atoms with Crippen LogP contribution in [0.5, 0.6) is 0 Å². The van der Waals surface area contributed by atoms with Crippen molar-refractivity contribution in [3.05, 3.63) is 42.5 Å². The second-order valence-electron chi connectivity index (χ2n) is 5.18. The molecule has 0 unspecified atom stereocenters. The molecule has 1 saturated heterocycles. The number of anilines is 1. The first-order valence-electron chi connectivity index (χ1n) is 7.30. The number of esters is 1. The van der Waals surface area contributed by atoms with Crippen molar-refractivity contribution in [2.75, 3.05) is 18.5 Å². The maximum Gasteiger partial charge on any atom is 0.335 e. The van der Waals surface area contributed by atoms with Crippen LogP contribution in [0.1, 0.15) is 12.8 Å². The molecule has 2 aromatic carbocycles. The van der Waals surface area contributed by atoms with Crippen molar-refractivity contribution in [2.45, 2.75) is 18.9 Å². The van der Waals surface area contributed by atoms with Crippen LogP contribution >= 0.6 is 0 Å². The van der Waals surface area contributed by atoms with Crippen LogP contribution in [0.2, 0.25) is 0 Å². The summed E-state index contributed by atoms with van der Waals surface area (Å²) in [5, 5.41) is 4.76. The molecule has 1 fully saturated rings. The lowest BCUT2D eigenvalue weighted by atomic mass is 10.1. The van der Waals surface area contributed by atoms with E-state index in [0.717, 1.165) is 17.2 Å². The van der Waals surface area contributed by atoms with Gasteiger partial charge in [-0.1, -0.05) is 36.4 Å². The lowest BCUT2D eigenvalue weighted by molar-refractivity contribution is -0.156. The van der Waals surface area contributed by atoms with Gasteiger partial charge in [0.05, 0.1) is 0 Å². The fourth-order valence-electron chi connectivity index (χ4n) is 2.51. The topological polar surface area (TPSA) is 64.6 Å². The Hall–Kier alpha value is -2.40. The van der Waals surface area contributed by atoms with Gasteiger partial charge < -0.3 is 14.8 Å². The van der Waals surface area contributed by atoms with E-state index in [-0.39, 0.29) is 12.5 Å². The predicted molar refractivity (Wildman–Crippen MR) is 82.5 cm³/mol. The van der Waals surface area contributed by atoms with Crippen molar-refractivity contribution < 1.29 is 19.1 Å². The van der Waals surface area contributed by atoms with Crippen molar-refractivity contribution in [2.24, 2.45) is 0 Å². The third-order valence-corrected chi connectivity index (χ3v) is 3.60. The second-order valence-corrected chi connectivity index (χ2v) is 5.18. The molecule has 1 aliphatic rings. The van der Waals surface area contributed by atoms with Crippen LogP contribution in [0, 0.1) is 0 Å². The molecule has 0 spiro atoms. The molecule has 0 aliphatic carbocycles. The largest absolute Gasteiger partial charge is 0.454 e. The van der Waals surface area contributed by atoms with Gasteiger partial charge in [-0.2, -0.15) is 0 Å². The first-order valence-corrected chi connectivity index (χ1v) is 7.30. The van der Waals surface area contributed by atoms with Crippen LogP contribution in [0.3, 0.4) is 0 Å². The van der Waals surface area contributed by atoms with Gasteiger partial charge >= 0.3 is 5.97 Å². The molecule has 0 radical (unpaired) electrons. The Kier molecular flexibility index (Phi) is 4.34. The minimum Gasteiger partial charge on any atom is -0.454 e. The molecule has 1 atom stereocenters. The number of hydrogen-bond acceptors (Lipinski definition) is 4. The third-order valence-electron chi connectivity index (χ3n) is 3.60. The zero-order valence-corrected chi connectivity index (χ0v) is 12.1. The van der Waals surface area contributed by atoms with Crippen molar-refractivity contribution in [1.29, 1.82) is 0 Å². The molecular formula is C17H17NO4. The molecule has 1 heterocycles. The van der Waals surface area contributed by atoms with Crippen molar-refractivity contribution >= 4 is 28.3 Å². The average molecular weight is 299 g/mol. The van der Waals surface area contributed by atoms with Crippen LogP contribution in [0.25, 0.3) is 10.8 Å². The first-order chi connectivity index (χ1) is 10.7. The van der Waals surface area contributed by atoms with Crippen molar-refractivity contribution in [3.63, 3.8) is 0 Å². The number of ether oxygens (including phenoxy) is 2. The van der Waals surface area contributed by atoms with Gasteiger partial charge in [0.15, 0.2) is 12.7 Å². The summed E-state index contributed by atoms with van der Waals surface area (Å²) < 4.78 is 10.2. The van der Waals surface area contributed by atoms with Crippen molar-refractivity contribution in [3.8, 4) is 0 Å². The number of nitrogens with one attached hydrogen (secondary N) is 1. The minimum absolute atomic E-state index is 0.304. The van der Waals surface area contributed by atoms with E-state index in [1.165, 1.54) is 0 Å². The molecule has 22 heavy (non-hydrogen) atoms. The predicted octanol–water partition coefficient (Wildman–Crippen LogP) is 2.50. The Bertz CT molecular complexity index is 687. The number of rotatable bonds is 4. The number of carbonyl (C=O) groups excluding carboxylic acids is 2. The van der Waals surface area contributed by atoms with E-state index in [9.17, 15) is 9.59 Å². The summed E-state index contributed by atoms with van der Waals surface area (Å²) in [6.45, 7) is 0.268. The highest BCUT2D eigenvalue weighted by molar-refractivity contribution is 6.02. The smallest absolute Gasteiger partial charge is 0.335 e. The molecule has 2 aromatic rings. The van der Waals surface area contributed by atoms with Gasteiger partial charge in [-0.3, -0.25) is 4.79 Å². The Morgan fingerprint density at radius 2 is 2.00 bits per heavy atom. The second kappa shape index (κ2) is 6.58. The summed E-state index contributed by atoms with van der Waals surface area (Å²) in [6.07, 6.45) is 0.983. The van der Waals surface area contributed by atoms with E-state index < -0.39 is 12.1 Å². The molecule has 114 valence electrons. The summed E-state index contributed by atoms with van der Waals surface area (Å²) in [4.78, 5) is 23.6. The van der Waals surface area contributed by atoms with Gasteiger partial charge in [0.2, 0.25) is 0 Å². The molecule has 0 aromatic heterocycles. The average Bonchev–Trinajstić information content (AvgIpc) is 3.07. The number of benzene rings is 2. The van der Waals surface area contributed by atoms with Crippen LogP contribution < -0.4 is 5.32 Å². The van der Waals surface area contributed by atoms with Crippen LogP contribution in [-0.2, 0) is 19.1 Å². The number of fused-ring (bicyclic) bond motifs is 1. The van der Waals surface area contributed by atoms with Gasteiger partial charge in [-0.05, 0) is 24.3 Å². The highest BCUT2D eigenvalue weighted by atomic mass is 16.6. The summed E-state index contributed by atoms with van der Waals surface area (Å²) in [6, 6.07) is 13.4. The normalized spacial score (nSPS) is 17.4. The molecule has 1 aliphatic heterocycles. The van der Waals surface area contributed by atoms with E-state index in [2.05, 4.69) is 5.32 Å². The minimum atomic E-state index is -0.523. The fraction of sp³-hybridized carbons (Fsp3) is 0.294. The van der Waals surface area contributed by atoms with Gasteiger partial charge in [0, 0.05) is 17.7 Å². The highest BCUT2D eigenvalue weighted by Crippen LogP contribution is 2.22. The summed E-state index contributed by atoms with van der Waals surface area (Å²) in [5.41, 5.74) is 0.705. The zero-order chi connectivity index (χ0) is 15.4. The Balaban J connectivity index is 1.60. The highest BCUT2D eigenvalue weighted by Gasteiger charge is 2.25. The summed E-state index contributed by atoms with van der Waals surface area (Å²) in [7, 11) is 0. The molecule has 1 N–H and O–H groups in total. The quantitative estimate of drug-likeness (QED) is 0.881. The molecule has 1 amide bonds. The Labute approximate surface area is 128 Å². The number of amides is 1. The summed E-state index contributed by atoms with van der Waals surface area (Å²) >= 11 is 0. The van der Waals surface area contributed by atoms with E-state index >= 15 is 0 Å². The molecular weight excluding hydrogens is 282 g/mol. The van der Waals surface area contributed by atoms with Gasteiger partial charge in [-0.25, -0.2) is 4.79 Å². The summed E-state index contributed by atoms with van der Waals surface area (Å²) in [5.74, 6) is -0.826. The fourth-order valence-corrected chi connectivity index (χ4v) is 2.51. The van der Waals surface area contributed by atoms with Gasteiger partial charge in [-0.15, -0.1) is 0 Å². The standard InChI is InChI=1S/C17H17NO4/c19-16(11-22-17(20)15-9-4-10-21-15)18-14-8-3-6-12-5-1-2-7-13(12)14/h1-3,5-8,15H,4,9-11H2,(H,18,19)/t15-/m0/s1. The molecule has 0 bridgehead atoms. The maximum absolute atomic E-state index is 11.9. The van der Waals surface area contributed by atoms with Gasteiger partial charge in [0.25, 0.3) is 5.91 Å². The van der Waals surface area contributed by atoms with Crippen LogP contribution in [0.4, 0.5) is 5.69 Å². The first kappa shape index (κ1) is 14.5. The monoisotopic (exact) mass is 299 g/mol. The van der Waals surface area contributed by atoms with Gasteiger partial charge in [0.1, 0.15) is 0 Å².